The van der Waals surface area contributed by atoms with E-state index in [1.807, 2.05) is 36.2 Å². The second-order valence-corrected chi connectivity index (χ2v) is 5.22. The minimum absolute atomic E-state index is 0.0879. The van der Waals surface area contributed by atoms with Crippen LogP contribution in [0.15, 0.2) is 24.3 Å². The molecule has 5 nitrogen and oxygen atoms in total. The van der Waals surface area contributed by atoms with Crippen LogP contribution < -0.4 is 10.1 Å². The number of hydrogen-bond donors (Lipinski definition) is 1. The molecule has 0 bridgehead atoms. The van der Waals surface area contributed by atoms with E-state index in [1.165, 1.54) is 0 Å². The van der Waals surface area contributed by atoms with Crippen molar-refractivity contribution < 1.29 is 14.3 Å². The molecule has 2 rings (SSSR count). The van der Waals surface area contributed by atoms with Crippen molar-refractivity contribution in [3.63, 3.8) is 0 Å². The van der Waals surface area contributed by atoms with Gasteiger partial charge in [-0.05, 0) is 38.1 Å². The summed E-state index contributed by atoms with van der Waals surface area (Å²) in [5.74, 6) is 0.798. The van der Waals surface area contributed by atoms with Gasteiger partial charge >= 0.3 is 0 Å². The van der Waals surface area contributed by atoms with Crippen molar-refractivity contribution >= 4 is 5.91 Å². The standard InChI is InChI=1S/C16H24N2O3/c1-17-12-14-6-4-8-18(14)16(19)13-5-3-7-15(11-13)21-10-9-20-2/h3,5,7,11,14,17H,4,6,8-10,12H2,1-2H3. The van der Waals surface area contributed by atoms with Gasteiger partial charge in [0.25, 0.3) is 5.91 Å². The summed E-state index contributed by atoms with van der Waals surface area (Å²) in [4.78, 5) is 14.6. The zero-order valence-corrected chi connectivity index (χ0v) is 12.8. The van der Waals surface area contributed by atoms with E-state index in [-0.39, 0.29) is 5.91 Å². The quantitative estimate of drug-likeness (QED) is 0.775. The molecule has 0 aromatic heterocycles. The minimum Gasteiger partial charge on any atom is -0.491 e. The fourth-order valence-corrected chi connectivity index (χ4v) is 2.68. The first-order valence-electron chi connectivity index (χ1n) is 7.43. The summed E-state index contributed by atoms with van der Waals surface area (Å²) in [5.41, 5.74) is 0.688. The van der Waals surface area contributed by atoms with Crippen molar-refractivity contribution in [2.75, 3.05) is 40.5 Å². The van der Waals surface area contributed by atoms with Crippen LogP contribution in [0.25, 0.3) is 0 Å². The summed E-state index contributed by atoms with van der Waals surface area (Å²) in [7, 11) is 3.56. The van der Waals surface area contributed by atoms with E-state index in [4.69, 9.17) is 9.47 Å². The first-order valence-corrected chi connectivity index (χ1v) is 7.43. The van der Waals surface area contributed by atoms with Crippen LogP contribution in [0.5, 0.6) is 5.75 Å². The Morgan fingerprint density at radius 1 is 1.43 bits per heavy atom. The fraction of sp³-hybridized carbons (Fsp3) is 0.562. The predicted octanol–water partition coefficient (Wildman–Crippen LogP) is 1.54. The molecule has 0 radical (unpaired) electrons. The lowest BCUT2D eigenvalue weighted by molar-refractivity contribution is 0.0736. The van der Waals surface area contributed by atoms with Crippen molar-refractivity contribution in [2.24, 2.45) is 0 Å². The second kappa shape index (κ2) is 8.00. The highest BCUT2D eigenvalue weighted by Crippen LogP contribution is 2.21. The lowest BCUT2D eigenvalue weighted by atomic mass is 10.1. The van der Waals surface area contributed by atoms with Crippen molar-refractivity contribution in [3.05, 3.63) is 29.8 Å². The highest BCUT2D eigenvalue weighted by molar-refractivity contribution is 5.95. The SMILES string of the molecule is CNCC1CCCN1C(=O)c1cccc(OCCOC)c1. The molecule has 1 heterocycles. The van der Waals surface area contributed by atoms with Crippen molar-refractivity contribution in [1.29, 1.82) is 0 Å². The first kappa shape index (κ1) is 15.8. The van der Waals surface area contributed by atoms with E-state index in [0.717, 1.165) is 25.9 Å². The Labute approximate surface area is 126 Å². The second-order valence-electron chi connectivity index (χ2n) is 5.22. The lowest BCUT2D eigenvalue weighted by Crippen LogP contribution is -2.40. The van der Waals surface area contributed by atoms with Gasteiger partial charge in [-0.15, -0.1) is 0 Å². The van der Waals surface area contributed by atoms with Crippen molar-refractivity contribution in [1.82, 2.24) is 10.2 Å². The monoisotopic (exact) mass is 292 g/mol. The molecular formula is C16H24N2O3. The molecule has 0 saturated carbocycles. The summed E-state index contributed by atoms with van der Waals surface area (Å²) in [6, 6.07) is 7.67. The van der Waals surface area contributed by atoms with Gasteiger partial charge < -0.3 is 19.7 Å². The van der Waals surface area contributed by atoms with Gasteiger partial charge in [-0.1, -0.05) is 6.07 Å². The maximum absolute atomic E-state index is 12.6. The zero-order chi connectivity index (χ0) is 15.1. The normalized spacial score (nSPS) is 18.0. The van der Waals surface area contributed by atoms with Gasteiger partial charge in [-0.2, -0.15) is 0 Å². The van der Waals surface area contributed by atoms with E-state index in [2.05, 4.69) is 5.32 Å². The van der Waals surface area contributed by atoms with Gasteiger partial charge in [0.2, 0.25) is 0 Å². The van der Waals surface area contributed by atoms with Crippen LogP contribution in [0, 0.1) is 0 Å². The number of carbonyl (C=O) groups is 1. The molecule has 1 unspecified atom stereocenters. The average Bonchev–Trinajstić information content (AvgIpc) is 2.96. The van der Waals surface area contributed by atoms with E-state index in [1.54, 1.807) is 7.11 Å². The third-order valence-corrected chi connectivity index (χ3v) is 3.71. The number of likely N-dealkylation sites (tertiary alicyclic amines) is 1. The summed E-state index contributed by atoms with van der Waals surface area (Å²) in [6.45, 7) is 2.70. The molecule has 5 heteroatoms. The number of nitrogens with zero attached hydrogens (tertiary/aromatic N) is 1. The number of nitrogens with one attached hydrogen (secondary N) is 1. The molecule has 0 aliphatic carbocycles. The molecule has 1 aliphatic rings. The molecule has 1 fully saturated rings. The molecule has 1 atom stereocenters. The van der Waals surface area contributed by atoms with Crippen LogP contribution in [-0.4, -0.2) is 57.3 Å². The Morgan fingerprint density at radius 2 is 2.29 bits per heavy atom. The Kier molecular flexibility index (Phi) is 6.02. The Bertz CT molecular complexity index is 465. The third kappa shape index (κ3) is 4.19. The zero-order valence-electron chi connectivity index (χ0n) is 12.8. The van der Waals surface area contributed by atoms with Gasteiger partial charge in [-0.3, -0.25) is 4.79 Å². The minimum atomic E-state index is 0.0879. The van der Waals surface area contributed by atoms with E-state index < -0.39 is 0 Å². The van der Waals surface area contributed by atoms with Crippen LogP contribution in [0.1, 0.15) is 23.2 Å². The Morgan fingerprint density at radius 3 is 3.05 bits per heavy atom. The van der Waals surface area contributed by atoms with Crippen LogP contribution in [0.2, 0.25) is 0 Å². The van der Waals surface area contributed by atoms with Gasteiger partial charge in [0.1, 0.15) is 12.4 Å². The Hall–Kier alpha value is -1.59. The molecule has 21 heavy (non-hydrogen) atoms. The van der Waals surface area contributed by atoms with Crippen LogP contribution in [0.4, 0.5) is 0 Å². The number of benzene rings is 1. The van der Waals surface area contributed by atoms with Gasteiger partial charge in [0, 0.05) is 31.8 Å². The predicted molar refractivity (Wildman–Crippen MR) is 81.8 cm³/mol. The van der Waals surface area contributed by atoms with Gasteiger partial charge in [-0.25, -0.2) is 0 Å². The lowest BCUT2D eigenvalue weighted by Gasteiger charge is -2.24. The van der Waals surface area contributed by atoms with Crippen molar-refractivity contribution in [2.45, 2.75) is 18.9 Å². The number of rotatable bonds is 7. The van der Waals surface area contributed by atoms with Crippen LogP contribution >= 0.6 is 0 Å². The molecule has 0 spiro atoms. The van der Waals surface area contributed by atoms with Crippen LogP contribution in [0.3, 0.4) is 0 Å². The maximum atomic E-state index is 12.6. The summed E-state index contributed by atoms with van der Waals surface area (Å²) in [5, 5.41) is 3.16. The molecule has 1 aliphatic heterocycles. The Balaban J connectivity index is 2.03. The van der Waals surface area contributed by atoms with E-state index in [0.29, 0.717) is 30.6 Å². The largest absolute Gasteiger partial charge is 0.491 e. The smallest absolute Gasteiger partial charge is 0.254 e. The van der Waals surface area contributed by atoms with Crippen LogP contribution in [-0.2, 0) is 4.74 Å². The third-order valence-electron chi connectivity index (χ3n) is 3.71. The van der Waals surface area contributed by atoms with E-state index >= 15 is 0 Å². The average molecular weight is 292 g/mol. The molecule has 1 amide bonds. The summed E-state index contributed by atoms with van der Waals surface area (Å²) in [6.07, 6.45) is 2.14. The number of ether oxygens (including phenoxy) is 2. The molecule has 116 valence electrons. The topological polar surface area (TPSA) is 50.8 Å². The number of methoxy groups -OCH3 is 1. The molecular weight excluding hydrogens is 268 g/mol. The fourth-order valence-electron chi connectivity index (χ4n) is 2.68. The number of amides is 1. The van der Waals surface area contributed by atoms with E-state index in [9.17, 15) is 4.79 Å². The number of carbonyl (C=O) groups excluding carboxylic acids is 1. The van der Waals surface area contributed by atoms with Gasteiger partial charge in [0.15, 0.2) is 0 Å². The number of hydrogen-bond acceptors (Lipinski definition) is 4. The molecule has 1 N–H and O–H groups in total. The van der Waals surface area contributed by atoms with Gasteiger partial charge in [0.05, 0.1) is 6.61 Å². The maximum Gasteiger partial charge on any atom is 0.254 e. The summed E-state index contributed by atoms with van der Waals surface area (Å²) >= 11 is 0. The summed E-state index contributed by atoms with van der Waals surface area (Å²) < 4.78 is 10.5. The van der Waals surface area contributed by atoms with Crippen molar-refractivity contribution in [3.8, 4) is 5.75 Å². The molecule has 1 aromatic rings. The highest BCUT2D eigenvalue weighted by atomic mass is 16.5. The highest BCUT2D eigenvalue weighted by Gasteiger charge is 2.28. The first-order chi connectivity index (χ1) is 10.3. The number of likely N-dealkylation sites (N-methyl/N-ethyl adjacent to an activating group) is 1. The molecule has 1 saturated heterocycles. The molecule has 1 aromatic carbocycles.